The van der Waals surface area contributed by atoms with Gasteiger partial charge in [-0.2, -0.15) is 0 Å². The molecule has 0 aliphatic heterocycles. The SMILES string of the molecule is NC1c2ccccc2CCc2ccc(Br)cc21. The summed E-state index contributed by atoms with van der Waals surface area (Å²) < 4.78 is 1.10. The average molecular weight is 288 g/mol. The summed E-state index contributed by atoms with van der Waals surface area (Å²) in [5.74, 6) is 0. The molecule has 0 amide bonds. The van der Waals surface area contributed by atoms with Crippen LogP contribution in [0.3, 0.4) is 0 Å². The zero-order chi connectivity index (χ0) is 11.8. The zero-order valence-electron chi connectivity index (χ0n) is 9.49. The molecule has 1 aliphatic rings. The van der Waals surface area contributed by atoms with E-state index in [1.807, 2.05) is 0 Å². The quantitative estimate of drug-likeness (QED) is 0.787. The molecule has 0 aromatic heterocycles. The zero-order valence-corrected chi connectivity index (χ0v) is 11.1. The van der Waals surface area contributed by atoms with E-state index in [0.29, 0.717) is 0 Å². The first kappa shape index (κ1) is 11.0. The molecular formula is C15H14BrN. The van der Waals surface area contributed by atoms with E-state index in [-0.39, 0.29) is 6.04 Å². The lowest BCUT2D eigenvalue weighted by Crippen LogP contribution is -2.13. The smallest absolute Gasteiger partial charge is 0.0557 e. The van der Waals surface area contributed by atoms with Gasteiger partial charge in [-0.1, -0.05) is 46.3 Å². The van der Waals surface area contributed by atoms with Crippen LogP contribution in [0, 0.1) is 0 Å². The van der Waals surface area contributed by atoms with Crippen molar-refractivity contribution in [1.29, 1.82) is 0 Å². The van der Waals surface area contributed by atoms with Crippen LogP contribution in [0.5, 0.6) is 0 Å². The first-order chi connectivity index (χ1) is 8.25. The number of hydrogen-bond acceptors (Lipinski definition) is 1. The summed E-state index contributed by atoms with van der Waals surface area (Å²) in [6, 6.07) is 14.9. The van der Waals surface area contributed by atoms with E-state index in [2.05, 4.69) is 58.4 Å². The van der Waals surface area contributed by atoms with Gasteiger partial charge in [0.1, 0.15) is 0 Å². The van der Waals surface area contributed by atoms with E-state index in [0.717, 1.165) is 17.3 Å². The van der Waals surface area contributed by atoms with Gasteiger partial charge in [0.2, 0.25) is 0 Å². The second kappa shape index (κ2) is 4.28. The minimum absolute atomic E-state index is 0.00111. The molecule has 0 fully saturated rings. The number of hydrogen-bond donors (Lipinski definition) is 1. The van der Waals surface area contributed by atoms with Crippen LogP contribution >= 0.6 is 15.9 Å². The molecular weight excluding hydrogens is 274 g/mol. The summed E-state index contributed by atoms with van der Waals surface area (Å²) in [5, 5.41) is 0. The molecule has 0 radical (unpaired) electrons. The maximum absolute atomic E-state index is 6.41. The summed E-state index contributed by atoms with van der Waals surface area (Å²) in [5.41, 5.74) is 11.7. The molecule has 1 atom stereocenters. The van der Waals surface area contributed by atoms with Crippen molar-refractivity contribution in [2.24, 2.45) is 5.73 Å². The molecule has 1 unspecified atom stereocenters. The Kier molecular flexibility index (Phi) is 2.77. The second-order valence-corrected chi connectivity index (χ2v) is 5.44. The lowest BCUT2D eigenvalue weighted by atomic mass is 9.96. The van der Waals surface area contributed by atoms with Crippen molar-refractivity contribution in [3.05, 3.63) is 69.2 Å². The Labute approximate surface area is 110 Å². The lowest BCUT2D eigenvalue weighted by Gasteiger charge is -2.15. The van der Waals surface area contributed by atoms with Gasteiger partial charge < -0.3 is 5.73 Å². The van der Waals surface area contributed by atoms with Crippen LogP contribution in [0.4, 0.5) is 0 Å². The average Bonchev–Trinajstić information content (AvgIpc) is 2.49. The van der Waals surface area contributed by atoms with Crippen molar-refractivity contribution in [3.8, 4) is 0 Å². The predicted molar refractivity (Wildman–Crippen MR) is 74.0 cm³/mol. The van der Waals surface area contributed by atoms with Crippen LogP contribution in [-0.2, 0) is 12.8 Å². The normalized spacial score (nSPS) is 18.1. The first-order valence-electron chi connectivity index (χ1n) is 5.87. The van der Waals surface area contributed by atoms with Gasteiger partial charge in [0.05, 0.1) is 6.04 Å². The number of aryl methyl sites for hydroxylation is 2. The topological polar surface area (TPSA) is 26.0 Å². The molecule has 0 saturated heterocycles. The fraction of sp³-hybridized carbons (Fsp3) is 0.200. The largest absolute Gasteiger partial charge is 0.320 e. The number of halogens is 1. The van der Waals surface area contributed by atoms with Gasteiger partial charge in [-0.25, -0.2) is 0 Å². The lowest BCUT2D eigenvalue weighted by molar-refractivity contribution is 0.862. The van der Waals surface area contributed by atoms with E-state index in [4.69, 9.17) is 5.73 Å². The van der Waals surface area contributed by atoms with Crippen LogP contribution in [-0.4, -0.2) is 0 Å². The van der Waals surface area contributed by atoms with Gasteiger partial charge in [-0.15, -0.1) is 0 Å². The second-order valence-electron chi connectivity index (χ2n) is 4.52. The fourth-order valence-electron chi connectivity index (χ4n) is 2.59. The van der Waals surface area contributed by atoms with Crippen LogP contribution in [0.1, 0.15) is 28.3 Å². The van der Waals surface area contributed by atoms with Gasteiger partial charge in [0.25, 0.3) is 0 Å². The maximum atomic E-state index is 6.41. The standard InChI is InChI=1S/C15H14BrN/c16-12-8-7-11-6-5-10-3-1-2-4-13(10)15(17)14(11)9-12/h1-4,7-9,15H,5-6,17H2. The third-order valence-corrected chi connectivity index (χ3v) is 3.99. The fourth-order valence-corrected chi connectivity index (χ4v) is 2.96. The van der Waals surface area contributed by atoms with Crippen molar-refractivity contribution in [3.63, 3.8) is 0 Å². The molecule has 0 spiro atoms. The van der Waals surface area contributed by atoms with Gasteiger partial charge >= 0.3 is 0 Å². The molecule has 86 valence electrons. The minimum Gasteiger partial charge on any atom is -0.320 e. The van der Waals surface area contributed by atoms with Gasteiger partial charge in [0.15, 0.2) is 0 Å². The van der Waals surface area contributed by atoms with Crippen molar-refractivity contribution in [2.75, 3.05) is 0 Å². The molecule has 2 aromatic carbocycles. The van der Waals surface area contributed by atoms with E-state index in [9.17, 15) is 0 Å². The number of nitrogens with two attached hydrogens (primary N) is 1. The van der Waals surface area contributed by atoms with Gasteiger partial charge in [-0.05, 0) is 47.2 Å². The van der Waals surface area contributed by atoms with Crippen molar-refractivity contribution < 1.29 is 0 Å². The minimum atomic E-state index is 0.00111. The molecule has 17 heavy (non-hydrogen) atoms. The molecule has 2 aromatic rings. The van der Waals surface area contributed by atoms with Crippen molar-refractivity contribution in [1.82, 2.24) is 0 Å². The van der Waals surface area contributed by atoms with Gasteiger partial charge in [-0.3, -0.25) is 0 Å². The molecule has 0 bridgehead atoms. The summed E-state index contributed by atoms with van der Waals surface area (Å²) in [7, 11) is 0. The molecule has 0 saturated carbocycles. The molecule has 2 heteroatoms. The Balaban J connectivity index is 2.18. The highest BCUT2D eigenvalue weighted by molar-refractivity contribution is 9.10. The monoisotopic (exact) mass is 287 g/mol. The van der Waals surface area contributed by atoms with Crippen molar-refractivity contribution >= 4 is 15.9 Å². The van der Waals surface area contributed by atoms with Crippen LogP contribution < -0.4 is 5.73 Å². The Morgan fingerprint density at radius 3 is 2.47 bits per heavy atom. The molecule has 3 rings (SSSR count). The highest BCUT2D eigenvalue weighted by Crippen LogP contribution is 2.32. The summed E-state index contributed by atoms with van der Waals surface area (Å²) >= 11 is 3.53. The molecule has 2 N–H and O–H groups in total. The molecule has 1 nitrogen and oxygen atoms in total. The van der Waals surface area contributed by atoms with Crippen LogP contribution in [0.15, 0.2) is 46.9 Å². The Morgan fingerprint density at radius 1 is 0.941 bits per heavy atom. The molecule has 1 aliphatic carbocycles. The summed E-state index contributed by atoms with van der Waals surface area (Å²) in [6.07, 6.45) is 2.16. The highest BCUT2D eigenvalue weighted by Gasteiger charge is 2.19. The van der Waals surface area contributed by atoms with Gasteiger partial charge in [0, 0.05) is 4.47 Å². The summed E-state index contributed by atoms with van der Waals surface area (Å²) in [4.78, 5) is 0. The highest BCUT2D eigenvalue weighted by atomic mass is 79.9. The Bertz CT molecular complexity index is 563. The number of benzene rings is 2. The third-order valence-electron chi connectivity index (χ3n) is 3.50. The van der Waals surface area contributed by atoms with Crippen LogP contribution in [0.25, 0.3) is 0 Å². The first-order valence-corrected chi connectivity index (χ1v) is 6.67. The number of fused-ring (bicyclic) bond motifs is 2. The summed E-state index contributed by atoms with van der Waals surface area (Å²) in [6.45, 7) is 0. The maximum Gasteiger partial charge on any atom is 0.0557 e. The number of rotatable bonds is 0. The van der Waals surface area contributed by atoms with Crippen LogP contribution in [0.2, 0.25) is 0 Å². The Hall–Kier alpha value is -1.12. The van der Waals surface area contributed by atoms with E-state index in [1.165, 1.54) is 22.3 Å². The Morgan fingerprint density at radius 2 is 1.65 bits per heavy atom. The van der Waals surface area contributed by atoms with E-state index in [1.54, 1.807) is 0 Å². The van der Waals surface area contributed by atoms with E-state index < -0.39 is 0 Å². The van der Waals surface area contributed by atoms with Crippen molar-refractivity contribution in [2.45, 2.75) is 18.9 Å². The predicted octanol–water partition coefficient (Wildman–Crippen LogP) is 3.60. The third kappa shape index (κ3) is 1.92. The van der Waals surface area contributed by atoms with E-state index >= 15 is 0 Å². The molecule has 0 heterocycles.